The molecule has 1 fully saturated rings. The Balaban J connectivity index is 1.23. The lowest BCUT2D eigenvalue weighted by Crippen LogP contribution is -1.87. The maximum Gasteiger partial charge on any atom is 0.115 e. The van der Waals surface area contributed by atoms with Crippen LogP contribution in [-0.4, -0.2) is 17.8 Å². The molecule has 0 aromatic heterocycles. The van der Waals surface area contributed by atoms with E-state index in [4.69, 9.17) is 4.74 Å². The van der Waals surface area contributed by atoms with Crippen molar-refractivity contribution < 1.29 is 9.84 Å². The van der Waals surface area contributed by atoms with Crippen LogP contribution in [0.15, 0.2) is 24.3 Å². The molecule has 1 aliphatic rings. The lowest BCUT2D eigenvalue weighted by atomic mass is 10.0. The minimum Gasteiger partial charge on any atom is -0.508 e. The lowest BCUT2D eigenvalue weighted by Gasteiger charge is -2.04. The van der Waals surface area contributed by atoms with E-state index in [1.165, 1.54) is 102 Å². The highest BCUT2D eigenvalue weighted by atomic mass is 16.6. The first-order valence-corrected chi connectivity index (χ1v) is 11.2. The summed E-state index contributed by atoms with van der Waals surface area (Å²) in [6.45, 7) is 1.03. The number of aromatic hydroxyl groups is 1. The number of hydrogen-bond acceptors (Lipinski definition) is 2. The maximum atomic E-state index is 9.28. The van der Waals surface area contributed by atoms with Gasteiger partial charge in [0.2, 0.25) is 0 Å². The van der Waals surface area contributed by atoms with Gasteiger partial charge in [-0.1, -0.05) is 95.6 Å². The molecule has 0 aliphatic carbocycles. The van der Waals surface area contributed by atoms with E-state index in [1.807, 2.05) is 12.1 Å². The Morgan fingerprint density at radius 2 is 1.08 bits per heavy atom. The van der Waals surface area contributed by atoms with Gasteiger partial charge < -0.3 is 9.84 Å². The summed E-state index contributed by atoms with van der Waals surface area (Å²) in [5.74, 6) is 0.369. The van der Waals surface area contributed by atoms with E-state index >= 15 is 0 Å². The zero-order valence-corrected chi connectivity index (χ0v) is 16.8. The predicted octanol–water partition coefficient (Wildman–Crippen LogP) is 7.19. The third-order valence-electron chi connectivity index (χ3n) is 5.58. The van der Waals surface area contributed by atoms with Gasteiger partial charge in [0.05, 0.1) is 12.7 Å². The van der Waals surface area contributed by atoms with E-state index in [-0.39, 0.29) is 0 Å². The summed E-state index contributed by atoms with van der Waals surface area (Å²) < 4.78 is 5.24. The van der Waals surface area contributed by atoms with Crippen molar-refractivity contribution >= 4 is 0 Å². The van der Waals surface area contributed by atoms with E-state index in [9.17, 15) is 5.11 Å². The molecule has 0 amide bonds. The zero-order valence-electron chi connectivity index (χ0n) is 16.8. The van der Waals surface area contributed by atoms with E-state index < -0.39 is 0 Å². The van der Waals surface area contributed by atoms with Gasteiger partial charge in [-0.05, 0) is 37.0 Å². The summed E-state index contributed by atoms with van der Waals surface area (Å²) >= 11 is 0. The van der Waals surface area contributed by atoms with Gasteiger partial charge in [-0.15, -0.1) is 0 Å². The average Bonchev–Trinajstić information content (AvgIpc) is 3.47. The Hall–Kier alpha value is -1.02. The molecular weight excluding hydrogens is 320 g/mol. The first-order valence-electron chi connectivity index (χ1n) is 11.2. The molecular formula is C24H40O2. The number of aryl methyl sites for hydroxylation is 1. The van der Waals surface area contributed by atoms with Gasteiger partial charge in [-0.3, -0.25) is 0 Å². The topological polar surface area (TPSA) is 32.8 Å². The second kappa shape index (κ2) is 14.1. The van der Waals surface area contributed by atoms with Crippen LogP contribution < -0.4 is 0 Å². The van der Waals surface area contributed by atoms with Crippen LogP contribution >= 0.6 is 0 Å². The van der Waals surface area contributed by atoms with Gasteiger partial charge in [-0.2, -0.15) is 0 Å². The molecule has 0 saturated carbocycles. The van der Waals surface area contributed by atoms with Crippen LogP contribution in [0.1, 0.15) is 102 Å². The largest absolute Gasteiger partial charge is 0.508 e. The molecule has 0 spiro atoms. The third-order valence-corrected chi connectivity index (χ3v) is 5.58. The highest BCUT2D eigenvalue weighted by molar-refractivity contribution is 5.25. The van der Waals surface area contributed by atoms with Gasteiger partial charge in [0.25, 0.3) is 0 Å². The highest BCUT2D eigenvalue weighted by Gasteiger charge is 2.20. The van der Waals surface area contributed by atoms with Gasteiger partial charge >= 0.3 is 0 Å². The van der Waals surface area contributed by atoms with Crippen molar-refractivity contribution in [3.05, 3.63) is 29.8 Å². The summed E-state index contributed by atoms with van der Waals surface area (Å²) in [6.07, 6.45) is 22.7. The molecule has 1 aromatic rings. The Kier molecular flexibility index (Phi) is 11.5. The van der Waals surface area contributed by atoms with Crippen molar-refractivity contribution in [2.75, 3.05) is 6.61 Å². The maximum absolute atomic E-state index is 9.28. The van der Waals surface area contributed by atoms with Crippen LogP contribution in [-0.2, 0) is 11.2 Å². The molecule has 2 heteroatoms. The van der Waals surface area contributed by atoms with Crippen molar-refractivity contribution in [1.29, 1.82) is 0 Å². The Bertz CT molecular complexity index is 436. The average molecular weight is 361 g/mol. The van der Waals surface area contributed by atoms with Gasteiger partial charge in [0.15, 0.2) is 0 Å². The zero-order chi connectivity index (χ0) is 18.3. The lowest BCUT2D eigenvalue weighted by molar-refractivity contribution is 0.387. The van der Waals surface area contributed by atoms with Gasteiger partial charge in [-0.25, -0.2) is 0 Å². The second-order valence-corrected chi connectivity index (χ2v) is 8.11. The number of rotatable bonds is 17. The molecule has 1 atom stereocenters. The van der Waals surface area contributed by atoms with Crippen molar-refractivity contribution in [3.63, 3.8) is 0 Å². The van der Waals surface area contributed by atoms with Crippen molar-refractivity contribution in [1.82, 2.24) is 0 Å². The number of unbranched alkanes of at least 4 members (excludes halogenated alkanes) is 13. The number of ether oxygens (including phenoxy) is 1. The molecule has 1 aromatic carbocycles. The fourth-order valence-electron chi connectivity index (χ4n) is 3.72. The first-order chi connectivity index (χ1) is 12.8. The number of phenols is 1. The smallest absolute Gasteiger partial charge is 0.115 e. The minimum absolute atomic E-state index is 0.369. The minimum atomic E-state index is 0.369. The monoisotopic (exact) mass is 360 g/mol. The molecule has 1 heterocycles. The summed E-state index contributed by atoms with van der Waals surface area (Å²) in [6, 6.07) is 7.66. The quantitative estimate of drug-likeness (QED) is 0.236. The molecule has 1 aliphatic heterocycles. The standard InChI is InChI=1S/C24H40O2/c25-23-19-17-22(18-20-23)15-13-11-9-7-5-3-1-2-4-6-8-10-12-14-16-24-21-26-24/h17-20,24-25H,1-16,21H2. The van der Waals surface area contributed by atoms with Gasteiger partial charge in [0, 0.05) is 0 Å². The van der Waals surface area contributed by atoms with Crippen LogP contribution in [0.5, 0.6) is 5.75 Å². The number of phenolic OH excluding ortho intramolecular Hbond substituents is 1. The summed E-state index contributed by atoms with van der Waals surface area (Å²) in [5.41, 5.74) is 1.35. The highest BCUT2D eigenvalue weighted by Crippen LogP contribution is 2.19. The SMILES string of the molecule is Oc1ccc(CCCCCCCCCCCCCCCCC2CO2)cc1. The molecule has 26 heavy (non-hydrogen) atoms. The fraction of sp³-hybridized carbons (Fsp3) is 0.750. The molecule has 2 rings (SSSR count). The van der Waals surface area contributed by atoms with Crippen LogP contribution in [0.4, 0.5) is 0 Å². The predicted molar refractivity (Wildman–Crippen MR) is 111 cm³/mol. The van der Waals surface area contributed by atoms with Gasteiger partial charge in [0.1, 0.15) is 5.75 Å². The van der Waals surface area contributed by atoms with Crippen LogP contribution in [0.25, 0.3) is 0 Å². The molecule has 148 valence electrons. The number of benzene rings is 1. The number of epoxide rings is 1. The van der Waals surface area contributed by atoms with E-state index in [1.54, 1.807) is 12.1 Å². The molecule has 0 radical (unpaired) electrons. The summed E-state index contributed by atoms with van der Waals surface area (Å²) in [5, 5.41) is 9.28. The Morgan fingerprint density at radius 1 is 0.654 bits per heavy atom. The molecule has 0 bridgehead atoms. The second-order valence-electron chi connectivity index (χ2n) is 8.11. The van der Waals surface area contributed by atoms with Crippen LogP contribution in [0, 0.1) is 0 Å². The molecule has 1 saturated heterocycles. The Labute approximate surface area is 161 Å². The van der Waals surface area contributed by atoms with Crippen molar-refractivity contribution in [2.45, 2.75) is 109 Å². The first kappa shape index (κ1) is 21.3. The van der Waals surface area contributed by atoms with Crippen LogP contribution in [0.2, 0.25) is 0 Å². The van der Waals surface area contributed by atoms with Crippen molar-refractivity contribution in [3.8, 4) is 5.75 Å². The molecule has 1 unspecified atom stereocenters. The molecule has 1 N–H and O–H groups in total. The Morgan fingerprint density at radius 3 is 1.54 bits per heavy atom. The normalized spacial score (nSPS) is 16.1. The van der Waals surface area contributed by atoms with Crippen molar-refractivity contribution in [2.24, 2.45) is 0 Å². The fourth-order valence-corrected chi connectivity index (χ4v) is 3.72. The van der Waals surface area contributed by atoms with E-state index in [0.717, 1.165) is 13.0 Å². The third kappa shape index (κ3) is 11.6. The summed E-state index contributed by atoms with van der Waals surface area (Å²) in [4.78, 5) is 0. The van der Waals surface area contributed by atoms with Crippen LogP contribution in [0.3, 0.4) is 0 Å². The van der Waals surface area contributed by atoms with E-state index in [0.29, 0.717) is 11.9 Å². The van der Waals surface area contributed by atoms with E-state index in [2.05, 4.69) is 0 Å². The molecule has 2 nitrogen and oxygen atoms in total. The summed E-state index contributed by atoms with van der Waals surface area (Å²) in [7, 11) is 0. The number of hydrogen-bond donors (Lipinski definition) is 1.